The number of morpholine rings is 1. The number of ether oxygens (including phenoxy) is 1. The molecule has 2 unspecified atom stereocenters. The Morgan fingerprint density at radius 1 is 1.28 bits per heavy atom. The fraction of sp³-hybridized carbons (Fsp3) is 0.733. The maximum absolute atomic E-state index is 5.84. The summed E-state index contributed by atoms with van der Waals surface area (Å²) >= 11 is 0. The van der Waals surface area contributed by atoms with Crippen LogP contribution >= 0.6 is 0 Å². The Bertz CT molecular complexity index is 298. The largest absolute Gasteiger partial charge is 0.382 e. The highest BCUT2D eigenvalue weighted by Gasteiger charge is 2.20. The number of nitrogens with zero attached hydrogens (tertiary/aromatic N) is 1. The second kappa shape index (κ2) is 7.80. The third-order valence-corrected chi connectivity index (χ3v) is 3.15. The summed E-state index contributed by atoms with van der Waals surface area (Å²) in [6.45, 7) is 11.4. The van der Waals surface area contributed by atoms with Gasteiger partial charge >= 0.3 is 0 Å². The van der Waals surface area contributed by atoms with E-state index in [1.807, 2.05) is 0 Å². The van der Waals surface area contributed by atoms with E-state index in [2.05, 4.69) is 44.7 Å². The molecule has 0 aromatic rings. The van der Waals surface area contributed by atoms with E-state index in [0.717, 1.165) is 32.5 Å². The molecular formula is C15H26BNO. The summed E-state index contributed by atoms with van der Waals surface area (Å²) in [6.07, 6.45) is 7.15. The minimum absolute atomic E-state index is 0.131. The van der Waals surface area contributed by atoms with Crippen molar-refractivity contribution in [3.63, 3.8) is 0 Å². The summed E-state index contributed by atoms with van der Waals surface area (Å²) in [5.74, 6) is 0. The zero-order chi connectivity index (χ0) is 13.5. The number of hydrogen-bond acceptors (Lipinski definition) is 2. The molecule has 1 heterocycles. The van der Waals surface area contributed by atoms with Crippen LogP contribution in [-0.2, 0) is 4.74 Å². The van der Waals surface area contributed by atoms with Crippen molar-refractivity contribution in [1.82, 2.24) is 4.90 Å². The van der Waals surface area contributed by atoms with E-state index in [9.17, 15) is 0 Å². The Morgan fingerprint density at radius 2 is 2.00 bits per heavy atom. The molecule has 1 aliphatic heterocycles. The van der Waals surface area contributed by atoms with E-state index in [1.54, 1.807) is 0 Å². The number of rotatable bonds is 5. The van der Waals surface area contributed by atoms with Gasteiger partial charge in [0.05, 0.1) is 6.10 Å². The summed E-state index contributed by atoms with van der Waals surface area (Å²) in [7, 11) is 5.84. The van der Waals surface area contributed by atoms with Crippen LogP contribution in [0, 0.1) is 0 Å². The Morgan fingerprint density at radius 3 is 2.61 bits per heavy atom. The predicted molar refractivity (Wildman–Crippen MR) is 79.0 cm³/mol. The molecule has 1 aliphatic rings. The van der Waals surface area contributed by atoms with Gasteiger partial charge in [0.2, 0.25) is 0 Å². The molecule has 2 atom stereocenters. The fourth-order valence-electron chi connectivity index (χ4n) is 2.20. The quantitative estimate of drug-likeness (QED) is 0.547. The maximum Gasteiger partial charge on any atom is 0.110 e. The average molecular weight is 247 g/mol. The molecule has 1 saturated heterocycles. The van der Waals surface area contributed by atoms with Crippen molar-refractivity contribution in [2.45, 2.75) is 52.6 Å². The van der Waals surface area contributed by atoms with E-state index in [0.29, 0.717) is 0 Å². The van der Waals surface area contributed by atoms with Crippen LogP contribution in [0.4, 0.5) is 0 Å². The lowest BCUT2D eigenvalue weighted by Crippen LogP contribution is -2.46. The third-order valence-electron chi connectivity index (χ3n) is 3.15. The van der Waals surface area contributed by atoms with E-state index >= 15 is 0 Å². The molecule has 1 rings (SSSR count). The topological polar surface area (TPSA) is 12.5 Å². The SMILES string of the molecule is [B]C1CN(C/C=C(\C)CCC=C(C)C)CC(C)O1. The van der Waals surface area contributed by atoms with Gasteiger partial charge in [-0.3, -0.25) is 4.90 Å². The lowest BCUT2D eigenvalue weighted by atomic mass is 9.97. The number of allylic oxidation sites excluding steroid dienone is 3. The van der Waals surface area contributed by atoms with Gasteiger partial charge in [-0.25, -0.2) is 0 Å². The van der Waals surface area contributed by atoms with Crippen molar-refractivity contribution in [3.05, 3.63) is 23.3 Å². The molecular weight excluding hydrogens is 221 g/mol. The van der Waals surface area contributed by atoms with Crippen molar-refractivity contribution in [2.24, 2.45) is 0 Å². The Hall–Kier alpha value is -0.535. The third kappa shape index (κ3) is 6.41. The average Bonchev–Trinajstić information content (AvgIpc) is 2.24. The van der Waals surface area contributed by atoms with Gasteiger partial charge in [-0.05, 0) is 40.5 Å². The molecule has 18 heavy (non-hydrogen) atoms. The van der Waals surface area contributed by atoms with Crippen LogP contribution < -0.4 is 0 Å². The highest BCUT2D eigenvalue weighted by molar-refractivity contribution is 6.11. The Kier molecular flexibility index (Phi) is 6.73. The Balaban J connectivity index is 2.31. The molecule has 0 saturated carbocycles. The summed E-state index contributed by atoms with van der Waals surface area (Å²) < 4.78 is 5.52. The summed E-state index contributed by atoms with van der Waals surface area (Å²) in [6, 6.07) is -0.131. The minimum Gasteiger partial charge on any atom is -0.382 e. The monoisotopic (exact) mass is 247 g/mol. The van der Waals surface area contributed by atoms with Crippen molar-refractivity contribution < 1.29 is 4.74 Å². The van der Waals surface area contributed by atoms with Crippen LogP contribution in [0.25, 0.3) is 0 Å². The van der Waals surface area contributed by atoms with E-state index < -0.39 is 0 Å². The molecule has 100 valence electrons. The molecule has 0 aromatic carbocycles. The maximum atomic E-state index is 5.84. The molecule has 0 N–H and O–H groups in total. The first-order chi connectivity index (χ1) is 8.47. The van der Waals surface area contributed by atoms with Gasteiger partial charge in [0, 0.05) is 25.6 Å². The summed E-state index contributed by atoms with van der Waals surface area (Å²) in [5.41, 5.74) is 2.86. The highest BCUT2D eigenvalue weighted by Crippen LogP contribution is 2.11. The lowest BCUT2D eigenvalue weighted by Gasteiger charge is -2.35. The van der Waals surface area contributed by atoms with E-state index in [4.69, 9.17) is 12.6 Å². The number of hydrogen-bond donors (Lipinski definition) is 0. The molecule has 0 bridgehead atoms. The molecule has 0 aromatic heterocycles. The van der Waals surface area contributed by atoms with Gasteiger partial charge in [0.25, 0.3) is 0 Å². The van der Waals surface area contributed by atoms with E-state index in [-0.39, 0.29) is 12.1 Å². The molecule has 0 aliphatic carbocycles. The molecule has 0 spiro atoms. The van der Waals surface area contributed by atoms with Crippen molar-refractivity contribution >= 4 is 7.85 Å². The molecule has 1 fully saturated rings. The second-order valence-electron chi connectivity index (χ2n) is 5.57. The molecule has 2 nitrogen and oxygen atoms in total. The normalized spacial score (nSPS) is 26.1. The first-order valence-electron chi connectivity index (χ1n) is 6.89. The van der Waals surface area contributed by atoms with Crippen LogP contribution in [0.3, 0.4) is 0 Å². The van der Waals surface area contributed by atoms with Gasteiger partial charge in [-0.2, -0.15) is 0 Å². The van der Waals surface area contributed by atoms with Gasteiger partial charge in [-0.15, -0.1) is 0 Å². The minimum atomic E-state index is -0.131. The molecule has 0 amide bonds. The van der Waals surface area contributed by atoms with Crippen LogP contribution in [0.1, 0.15) is 40.5 Å². The predicted octanol–water partition coefficient (Wildman–Crippen LogP) is 2.89. The van der Waals surface area contributed by atoms with Crippen LogP contribution in [0.15, 0.2) is 23.3 Å². The van der Waals surface area contributed by atoms with Gasteiger partial charge in [-0.1, -0.05) is 23.3 Å². The standard InChI is InChI=1S/C15H26BNO/c1-12(2)6-5-7-13(3)8-9-17-10-14(4)18-15(16)11-17/h6,8,14-15H,5,7,9-11H2,1-4H3/b13-8+. The summed E-state index contributed by atoms with van der Waals surface area (Å²) in [4.78, 5) is 2.36. The van der Waals surface area contributed by atoms with Crippen molar-refractivity contribution in [1.29, 1.82) is 0 Å². The molecule has 2 radical (unpaired) electrons. The van der Waals surface area contributed by atoms with Gasteiger partial charge < -0.3 is 4.74 Å². The first kappa shape index (κ1) is 15.5. The van der Waals surface area contributed by atoms with Crippen LogP contribution in [-0.4, -0.2) is 44.5 Å². The second-order valence-corrected chi connectivity index (χ2v) is 5.57. The van der Waals surface area contributed by atoms with Gasteiger partial charge in [0.1, 0.15) is 7.85 Å². The smallest absolute Gasteiger partial charge is 0.110 e. The zero-order valence-corrected chi connectivity index (χ0v) is 12.3. The first-order valence-corrected chi connectivity index (χ1v) is 6.89. The van der Waals surface area contributed by atoms with E-state index in [1.165, 1.54) is 11.1 Å². The van der Waals surface area contributed by atoms with Crippen molar-refractivity contribution in [2.75, 3.05) is 19.6 Å². The summed E-state index contributed by atoms with van der Waals surface area (Å²) in [5, 5.41) is 0. The lowest BCUT2D eigenvalue weighted by molar-refractivity contribution is -0.0361. The fourth-order valence-corrected chi connectivity index (χ4v) is 2.20. The Labute approximate surface area is 113 Å². The van der Waals surface area contributed by atoms with Crippen LogP contribution in [0.5, 0.6) is 0 Å². The highest BCUT2D eigenvalue weighted by atomic mass is 16.5. The zero-order valence-electron chi connectivity index (χ0n) is 12.3. The molecule has 3 heteroatoms. The van der Waals surface area contributed by atoms with Gasteiger partial charge in [0.15, 0.2) is 0 Å². The van der Waals surface area contributed by atoms with Crippen molar-refractivity contribution in [3.8, 4) is 0 Å². The van der Waals surface area contributed by atoms with Crippen LogP contribution in [0.2, 0.25) is 0 Å².